The molecule has 0 spiro atoms. The topological polar surface area (TPSA) is 299 Å². The Morgan fingerprint density at radius 2 is 1.88 bits per heavy atom. The van der Waals surface area contributed by atoms with Gasteiger partial charge in [-0.25, -0.2) is 19.5 Å². The number of aliphatic hydroxyl groups excluding tert-OH is 4. The summed E-state index contributed by atoms with van der Waals surface area (Å²) in [6.45, 7) is -1.30. The molecule has 0 aromatic carbocycles. The average Bonchev–Trinajstić information content (AvgIpc) is 3.70. The van der Waals surface area contributed by atoms with Crippen molar-refractivity contribution in [2.24, 2.45) is 0 Å². The highest BCUT2D eigenvalue weighted by atomic mass is 32.2. The molecule has 1 unspecified atom stereocenters. The van der Waals surface area contributed by atoms with Crippen molar-refractivity contribution >= 4 is 47.9 Å². The SMILES string of the molecule is Nc1nc2c(ncn2[C@@]2(OP(=O)(O)OC[C@H]3O[C@@H](n4cnc5c(=O)[nH]cnc54)[C@H](O)[C@@H]3O)CS[C@H](CO)[C@H]2O)c(=O)[nH]1. The fourth-order valence-electron chi connectivity index (χ4n) is 4.93. The zero-order chi connectivity index (χ0) is 30.0. The summed E-state index contributed by atoms with van der Waals surface area (Å²) in [6, 6.07) is 0. The smallest absolute Gasteiger partial charge is 0.395 e. The molecule has 0 radical (unpaired) electrons. The average molecular weight is 630 g/mol. The molecule has 6 rings (SSSR count). The Labute approximate surface area is 236 Å². The van der Waals surface area contributed by atoms with E-state index in [0.717, 1.165) is 29.0 Å². The zero-order valence-corrected chi connectivity index (χ0v) is 22.8. The van der Waals surface area contributed by atoms with E-state index in [0.29, 0.717) is 0 Å². The molecule has 2 aliphatic heterocycles. The summed E-state index contributed by atoms with van der Waals surface area (Å²) >= 11 is 1.01. The number of nitrogens with zero attached hydrogens (tertiary/aromatic N) is 6. The number of hydrogen-bond donors (Lipinski definition) is 8. The van der Waals surface area contributed by atoms with Gasteiger partial charge in [-0.3, -0.25) is 32.8 Å². The van der Waals surface area contributed by atoms with Crippen molar-refractivity contribution in [2.45, 2.75) is 41.6 Å². The lowest BCUT2D eigenvalue weighted by molar-refractivity contribution is -0.110. The van der Waals surface area contributed by atoms with Gasteiger partial charge in [0.15, 0.2) is 34.3 Å². The van der Waals surface area contributed by atoms with Crippen LogP contribution >= 0.6 is 19.6 Å². The van der Waals surface area contributed by atoms with Crippen molar-refractivity contribution < 1.29 is 43.7 Å². The van der Waals surface area contributed by atoms with Crippen molar-refractivity contribution in [1.29, 1.82) is 0 Å². The van der Waals surface area contributed by atoms with Crippen molar-refractivity contribution in [3.05, 3.63) is 39.7 Å². The fraction of sp³-hybridized carbons (Fsp3) is 0.500. The maximum atomic E-state index is 13.3. The van der Waals surface area contributed by atoms with E-state index in [9.17, 15) is 39.5 Å². The first kappa shape index (κ1) is 28.9. The van der Waals surface area contributed by atoms with Gasteiger partial charge in [0.1, 0.15) is 24.4 Å². The second-order valence-electron chi connectivity index (χ2n) is 9.52. The third-order valence-corrected chi connectivity index (χ3v) is 9.42. The highest BCUT2D eigenvalue weighted by Crippen LogP contribution is 2.55. The van der Waals surface area contributed by atoms with Crippen LogP contribution in [0.3, 0.4) is 0 Å². The van der Waals surface area contributed by atoms with E-state index in [1.165, 1.54) is 10.9 Å². The molecule has 9 N–H and O–H groups in total. The predicted octanol–water partition coefficient (Wildman–Crippen LogP) is -3.29. The molecule has 42 heavy (non-hydrogen) atoms. The maximum absolute atomic E-state index is 13.3. The number of ether oxygens (including phenoxy) is 1. The van der Waals surface area contributed by atoms with E-state index in [-0.39, 0.29) is 34.0 Å². The number of thioether (sulfide) groups is 1. The normalized spacial score (nSPS) is 31.3. The number of phosphoric ester groups is 1. The molecule has 2 saturated heterocycles. The Kier molecular flexibility index (Phi) is 7.20. The van der Waals surface area contributed by atoms with Crippen LogP contribution in [-0.4, -0.2) is 113 Å². The molecule has 0 saturated carbocycles. The number of H-pyrrole nitrogens is 2. The summed E-state index contributed by atoms with van der Waals surface area (Å²) in [7, 11) is -5.15. The molecular weight excluding hydrogens is 605 g/mol. The van der Waals surface area contributed by atoms with E-state index in [1.807, 2.05) is 0 Å². The molecule has 8 atom stereocenters. The van der Waals surface area contributed by atoms with E-state index in [4.69, 9.17) is 19.5 Å². The molecule has 2 aliphatic rings. The summed E-state index contributed by atoms with van der Waals surface area (Å²) in [5.41, 5.74) is 1.95. The summed E-state index contributed by atoms with van der Waals surface area (Å²) in [6.07, 6.45) is -4.11. The number of anilines is 1. The second kappa shape index (κ2) is 10.5. The van der Waals surface area contributed by atoms with Crippen molar-refractivity contribution in [1.82, 2.24) is 39.0 Å². The molecule has 2 fully saturated rings. The van der Waals surface area contributed by atoms with Gasteiger partial charge in [-0.05, 0) is 0 Å². The van der Waals surface area contributed by atoms with Gasteiger partial charge in [-0.2, -0.15) is 4.98 Å². The van der Waals surface area contributed by atoms with Crippen LogP contribution in [0, 0.1) is 0 Å². The van der Waals surface area contributed by atoms with Crippen molar-refractivity contribution in [3.63, 3.8) is 0 Å². The van der Waals surface area contributed by atoms with Gasteiger partial charge in [-0.1, -0.05) is 0 Å². The summed E-state index contributed by atoms with van der Waals surface area (Å²) in [5, 5.41) is 41.2. The standard InChI is InChI=1S/C20H24N9O11PS/c21-19-26-15-10(17(35)27-19)25-6-29(15)20(3-42-8(1-30)13(20)33)40-41(36,37)38-2-7-11(31)12(32)18(39-7)28-5-24-9-14(28)22-4-23-16(9)34/h4-8,11-13,18,30-33H,1-3H2,(H,36,37)(H,22,23,34)(H3,21,26,27,35)/t7-,8-,11-,12-,13-,18-,20-/m1/s1. The number of hydrogen-bond acceptors (Lipinski definition) is 16. The van der Waals surface area contributed by atoms with Gasteiger partial charge in [0.2, 0.25) is 5.95 Å². The maximum Gasteiger partial charge on any atom is 0.474 e. The summed E-state index contributed by atoms with van der Waals surface area (Å²) in [4.78, 5) is 55.6. The number of nitrogens with two attached hydrogens (primary N) is 1. The Balaban J connectivity index is 1.25. The van der Waals surface area contributed by atoms with Gasteiger partial charge in [-0.15, -0.1) is 11.8 Å². The summed E-state index contributed by atoms with van der Waals surface area (Å²) in [5.74, 6) is -0.506. The van der Waals surface area contributed by atoms with E-state index in [1.54, 1.807) is 0 Å². The number of phosphoric acid groups is 1. The van der Waals surface area contributed by atoms with Gasteiger partial charge in [0.25, 0.3) is 11.1 Å². The molecule has 0 aliphatic carbocycles. The van der Waals surface area contributed by atoms with Crippen LogP contribution in [0.4, 0.5) is 5.95 Å². The monoisotopic (exact) mass is 629 g/mol. The lowest BCUT2D eigenvalue weighted by Crippen LogP contribution is -2.48. The van der Waals surface area contributed by atoms with Crippen LogP contribution in [0.25, 0.3) is 22.3 Å². The second-order valence-corrected chi connectivity index (χ2v) is 12.1. The van der Waals surface area contributed by atoms with E-state index in [2.05, 4.69) is 29.9 Å². The molecule has 22 heteroatoms. The number of rotatable bonds is 8. The number of aromatic nitrogens is 8. The van der Waals surface area contributed by atoms with Gasteiger partial charge >= 0.3 is 7.82 Å². The Morgan fingerprint density at radius 1 is 1.14 bits per heavy atom. The minimum Gasteiger partial charge on any atom is -0.395 e. The van der Waals surface area contributed by atoms with Crippen LogP contribution in [-0.2, 0) is 24.1 Å². The van der Waals surface area contributed by atoms with E-state index >= 15 is 0 Å². The minimum atomic E-state index is -5.15. The predicted molar refractivity (Wildman–Crippen MR) is 141 cm³/mol. The molecule has 226 valence electrons. The van der Waals surface area contributed by atoms with Crippen LogP contribution in [0.2, 0.25) is 0 Å². The number of fused-ring (bicyclic) bond motifs is 2. The first-order chi connectivity index (χ1) is 20.0. The molecule has 0 amide bonds. The number of imidazole rings is 2. The molecule has 4 aromatic rings. The highest BCUT2D eigenvalue weighted by molar-refractivity contribution is 8.00. The lowest BCUT2D eigenvalue weighted by Gasteiger charge is -2.35. The zero-order valence-electron chi connectivity index (χ0n) is 21.1. The van der Waals surface area contributed by atoms with Crippen LogP contribution in [0.5, 0.6) is 0 Å². The highest BCUT2D eigenvalue weighted by Gasteiger charge is 2.56. The number of aromatic amines is 2. The fourth-order valence-corrected chi connectivity index (χ4v) is 7.38. The first-order valence-corrected chi connectivity index (χ1v) is 14.7. The van der Waals surface area contributed by atoms with E-state index < -0.39 is 73.8 Å². The molecule has 20 nitrogen and oxygen atoms in total. The van der Waals surface area contributed by atoms with Crippen molar-refractivity contribution in [3.8, 4) is 0 Å². The number of aliphatic hydroxyl groups is 4. The Morgan fingerprint density at radius 3 is 2.62 bits per heavy atom. The molecule has 0 bridgehead atoms. The van der Waals surface area contributed by atoms with Crippen LogP contribution in [0.15, 0.2) is 28.6 Å². The third kappa shape index (κ3) is 4.63. The molecular formula is C20H24N9O11PS. The van der Waals surface area contributed by atoms with Gasteiger partial charge in [0, 0.05) is 5.75 Å². The first-order valence-electron chi connectivity index (χ1n) is 12.2. The molecule has 6 heterocycles. The number of nitrogens with one attached hydrogen (secondary N) is 2. The third-order valence-electron chi connectivity index (χ3n) is 6.98. The van der Waals surface area contributed by atoms with Crippen LogP contribution in [0.1, 0.15) is 6.23 Å². The van der Waals surface area contributed by atoms with Gasteiger partial charge < -0.3 is 40.8 Å². The largest absolute Gasteiger partial charge is 0.474 e. The van der Waals surface area contributed by atoms with Gasteiger partial charge in [0.05, 0.1) is 37.4 Å². The minimum absolute atomic E-state index is 0.0412. The van der Waals surface area contributed by atoms with Crippen molar-refractivity contribution in [2.75, 3.05) is 24.7 Å². The Hall–Kier alpha value is -3.24. The molecule has 4 aromatic heterocycles. The quantitative estimate of drug-likeness (QED) is 0.0885. The van der Waals surface area contributed by atoms with Crippen LogP contribution < -0.4 is 16.9 Å². The lowest BCUT2D eigenvalue weighted by atomic mass is 10.1. The number of nitrogen functional groups attached to an aromatic ring is 1. The Bertz CT molecular complexity index is 1810. The summed E-state index contributed by atoms with van der Waals surface area (Å²) < 4.78 is 31.9.